The van der Waals surface area contributed by atoms with Crippen molar-refractivity contribution in [1.29, 1.82) is 0 Å². The van der Waals surface area contributed by atoms with Crippen LogP contribution in [-0.2, 0) is 0 Å². The minimum absolute atomic E-state index is 0.140. The zero-order chi connectivity index (χ0) is 22.2. The fourth-order valence-corrected chi connectivity index (χ4v) is 3.89. The number of fused-ring (bicyclic) bond motifs is 2. The summed E-state index contributed by atoms with van der Waals surface area (Å²) in [6.45, 7) is 3.86. The topological polar surface area (TPSA) is 76.7 Å². The van der Waals surface area contributed by atoms with Crippen molar-refractivity contribution < 1.29 is 14.6 Å². The summed E-state index contributed by atoms with van der Waals surface area (Å²) in [5.41, 5.74) is 4.64. The molecule has 6 nitrogen and oxygen atoms in total. The van der Waals surface area contributed by atoms with Gasteiger partial charge in [0.2, 0.25) is 0 Å². The number of nitrogens with zero attached hydrogens (tertiary/aromatic N) is 3. The van der Waals surface area contributed by atoms with Gasteiger partial charge in [0.25, 0.3) is 0 Å². The monoisotopic (exact) mass is 423 g/mol. The number of carboxylic acid groups (broad SMARTS) is 1. The lowest BCUT2D eigenvalue weighted by Gasteiger charge is -2.18. The van der Waals surface area contributed by atoms with E-state index in [1.165, 1.54) is 0 Å². The van der Waals surface area contributed by atoms with Gasteiger partial charge in [-0.3, -0.25) is 0 Å². The van der Waals surface area contributed by atoms with Crippen LogP contribution in [0.25, 0.3) is 27.8 Å². The summed E-state index contributed by atoms with van der Waals surface area (Å²) < 4.78 is 7.98. The van der Waals surface area contributed by atoms with Gasteiger partial charge in [-0.2, -0.15) is 5.10 Å². The van der Waals surface area contributed by atoms with Crippen molar-refractivity contribution in [3.05, 3.63) is 95.7 Å². The van der Waals surface area contributed by atoms with E-state index in [2.05, 4.69) is 5.10 Å². The van der Waals surface area contributed by atoms with Crippen LogP contribution >= 0.6 is 0 Å². The number of pyridine rings is 2. The SMILES string of the molecule is Cc1ccc(O[C@H](C)c2ccccc2)c2c(C(=O)O)cc(-c3cc4ccccn4n3)nc12. The molecule has 32 heavy (non-hydrogen) atoms. The number of aromatic nitrogens is 3. The van der Waals surface area contributed by atoms with Gasteiger partial charge in [0.1, 0.15) is 17.5 Å². The highest BCUT2D eigenvalue weighted by molar-refractivity contribution is 6.07. The number of aryl methyl sites for hydroxylation is 1. The number of hydrogen-bond acceptors (Lipinski definition) is 4. The molecule has 2 aromatic carbocycles. The average Bonchev–Trinajstić information content (AvgIpc) is 3.25. The first-order chi connectivity index (χ1) is 15.5. The van der Waals surface area contributed by atoms with Crippen molar-refractivity contribution in [3.63, 3.8) is 0 Å². The molecule has 0 aliphatic carbocycles. The minimum atomic E-state index is -1.04. The van der Waals surface area contributed by atoms with Gasteiger partial charge in [0, 0.05) is 6.20 Å². The summed E-state index contributed by atoms with van der Waals surface area (Å²) in [7, 11) is 0. The lowest BCUT2D eigenvalue weighted by molar-refractivity contribution is 0.0698. The molecule has 0 radical (unpaired) electrons. The summed E-state index contributed by atoms with van der Waals surface area (Å²) in [5.74, 6) is -0.543. The highest BCUT2D eigenvalue weighted by Crippen LogP contribution is 2.35. The summed E-state index contributed by atoms with van der Waals surface area (Å²) in [4.78, 5) is 17.1. The van der Waals surface area contributed by atoms with Crippen LogP contribution in [0.15, 0.2) is 79.0 Å². The Labute approximate surface area is 184 Å². The smallest absolute Gasteiger partial charge is 0.336 e. The van der Waals surface area contributed by atoms with Gasteiger partial charge < -0.3 is 9.84 Å². The van der Waals surface area contributed by atoms with E-state index in [-0.39, 0.29) is 11.7 Å². The third-order valence-corrected chi connectivity index (χ3v) is 5.56. The third kappa shape index (κ3) is 3.46. The van der Waals surface area contributed by atoms with Crippen LogP contribution in [-0.4, -0.2) is 25.7 Å². The van der Waals surface area contributed by atoms with Gasteiger partial charge in [0.15, 0.2) is 0 Å². The summed E-state index contributed by atoms with van der Waals surface area (Å²) in [5, 5.41) is 15.1. The van der Waals surface area contributed by atoms with Gasteiger partial charge in [-0.05, 0) is 55.3 Å². The zero-order valence-electron chi connectivity index (χ0n) is 17.7. The van der Waals surface area contributed by atoms with Crippen LogP contribution < -0.4 is 4.74 Å². The highest BCUT2D eigenvalue weighted by Gasteiger charge is 2.21. The second kappa shape index (κ2) is 7.81. The molecule has 0 saturated carbocycles. The Balaban J connectivity index is 1.67. The largest absolute Gasteiger partial charge is 0.485 e. The third-order valence-electron chi connectivity index (χ3n) is 5.56. The number of rotatable bonds is 5. The number of carboxylic acids is 1. The van der Waals surface area contributed by atoms with Crippen molar-refractivity contribution >= 4 is 22.4 Å². The number of carbonyl (C=O) groups is 1. The number of ether oxygens (including phenoxy) is 1. The summed E-state index contributed by atoms with van der Waals surface area (Å²) >= 11 is 0. The van der Waals surface area contributed by atoms with E-state index in [1.54, 1.807) is 10.6 Å². The van der Waals surface area contributed by atoms with Crippen LogP contribution in [0.4, 0.5) is 0 Å². The average molecular weight is 423 g/mol. The van der Waals surface area contributed by atoms with Crippen LogP contribution in [0.2, 0.25) is 0 Å². The first kappa shape index (κ1) is 19.8. The Morgan fingerprint density at radius 1 is 1.00 bits per heavy atom. The molecule has 0 saturated heterocycles. The molecule has 3 heterocycles. The molecule has 1 N–H and O–H groups in total. The quantitative estimate of drug-likeness (QED) is 0.393. The predicted molar refractivity (Wildman–Crippen MR) is 123 cm³/mol. The lowest BCUT2D eigenvalue weighted by Crippen LogP contribution is -2.07. The Morgan fingerprint density at radius 3 is 2.53 bits per heavy atom. The molecular weight excluding hydrogens is 402 g/mol. The van der Waals surface area contributed by atoms with Crippen LogP contribution in [0.5, 0.6) is 5.75 Å². The highest BCUT2D eigenvalue weighted by atomic mass is 16.5. The predicted octanol–water partition coefficient (Wildman–Crippen LogP) is 5.70. The first-order valence-corrected chi connectivity index (χ1v) is 10.4. The fourth-order valence-electron chi connectivity index (χ4n) is 3.89. The molecule has 0 fully saturated rings. The molecule has 0 bridgehead atoms. The number of aromatic carboxylic acids is 1. The van der Waals surface area contributed by atoms with Gasteiger partial charge >= 0.3 is 5.97 Å². The maximum absolute atomic E-state index is 12.3. The summed E-state index contributed by atoms with van der Waals surface area (Å²) in [6.07, 6.45) is 1.60. The van der Waals surface area contributed by atoms with E-state index >= 15 is 0 Å². The van der Waals surface area contributed by atoms with Crippen molar-refractivity contribution in [2.24, 2.45) is 0 Å². The lowest BCUT2D eigenvalue weighted by atomic mass is 10.0. The number of benzene rings is 2. The maximum atomic E-state index is 12.3. The van der Waals surface area contributed by atoms with Gasteiger partial charge in [-0.25, -0.2) is 14.3 Å². The summed E-state index contributed by atoms with van der Waals surface area (Å²) in [6, 6.07) is 22.8. The van der Waals surface area contributed by atoms with Crippen LogP contribution in [0.3, 0.4) is 0 Å². The molecule has 0 aliphatic heterocycles. The van der Waals surface area contributed by atoms with Crippen molar-refractivity contribution in [3.8, 4) is 17.1 Å². The Morgan fingerprint density at radius 2 is 1.78 bits per heavy atom. The molecular formula is C26H21N3O3. The van der Waals surface area contributed by atoms with Crippen molar-refractivity contribution in [1.82, 2.24) is 14.6 Å². The van der Waals surface area contributed by atoms with E-state index in [0.717, 1.165) is 16.6 Å². The fraction of sp³-hybridized carbons (Fsp3) is 0.115. The second-order valence-corrected chi connectivity index (χ2v) is 7.73. The Kier molecular flexibility index (Phi) is 4.82. The molecule has 3 aromatic heterocycles. The number of hydrogen-bond donors (Lipinski definition) is 1. The zero-order valence-corrected chi connectivity index (χ0v) is 17.7. The van der Waals surface area contributed by atoms with E-state index < -0.39 is 5.97 Å². The molecule has 5 rings (SSSR count). The van der Waals surface area contributed by atoms with E-state index in [0.29, 0.717) is 28.0 Å². The van der Waals surface area contributed by atoms with Gasteiger partial charge in [-0.15, -0.1) is 0 Å². The van der Waals surface area contributed by atoms with Crippen molar-refractivity contribution in [2.75, 3.05) is 0 Å². The van der Waals surface area contributed by atoms with Gasteiger partial charge in [0.05, 0.1) is 27.7 Å². The van der Waals surface area contributed by atoms with Crippen molar-refractivity contribution in [2.45, 2.75) is 20.0 Å². The molecule has 1 atom stereocenters. The first-order valence-electron chi connectivity index (χ1n) is 10.4. The Bertz CT molecular complexity index is 1420. The minimum Gasteiger partial charge on any atom is -0.485 e. The molecule has 6 heteroatoms. The molecule has 5 aromatic rings. The van der Waals surface area contributed by atoms with E-state index in [4.69, 9.17) is 9.72 Å². The maximum Gasteiger partial charge on any atom is 0.336 e. The van der Waals surface area contributed by atoms with E-state index in [9.17, 15) is 9.90 Å². The molecule has 0 spiro atoms. The second-order valence-electron chi connectivity index (χ2n) is 7.73. The van der Waals surface area contributed by atoms with Crippen LogP contribution in [0.1, 0.15) is 34.5 Å². The van der Waals surface area contributed by atoms with E-state index in [1.807, 2.05) is 86.8 Å². The van der Waals surface area contributed by atoms with Crippen LogP contribution in [0, 0.1) is 6.92 Å². The Hall–Kier alpha value is -4.19. The molecule has 0 aliphatic rings. The molecule has 158 valence electrons. The van der Waals surface area contributed by atoms with Gasteiger partial charge in [-0.1, -0.05) is 42.5 Å². The molecule has 0 amide bonds. The normalized spacial score (nSPS) is 12.2. The standard InChI is InChI=1S/C26H21N3O3/c1-16-11-12-23(32-17(2)18-8-4-3-5-9-18)24-20(26(30)31)15-21(27-25(16)24)22-14-19-10-6-7-13-29(19)28-22/h3-15,17H,1-2H3,(H,30,31)/t17-/m1/s1. The molecule has 0 unspecified atom stereocenters.